The van der Waals surface area contributed by atoms with Crippen LogP contribution in [-0.4, -0.2) is 56.5 Å². The van der Waals surface area contributed by atoms with Crippen LogP contribution in [0.15, 0.2) is 47.5 Å². The van der Waals surface area contributed by atoms with Gasteiger partial charge in [-0.05, 0) is 62.2 Å². The number of aromatic nitrogens is 4. The molecule has 0 bridgehead atoms. The molecule has 41 heavy (non-hydrogen) atoms. The van der Waals surface area contributed by atoms with Gasteiger partial charge in [0.2, 0.25) is 0 Å². The monoisotopic (exact) mass is 602 g/mol. The van der Waals surface area contributed by atoms with Crippen molar-refractivity contribution < 1.29 is 14.1 Å². The molecule has 3 heterocycles. The molecular weight excluding hydrogens is 566 g/mol. The number of fused-ring (bicyclic) bond motifs is 1. The Bertz CT molecular complexity index is 1670. The highest BCUT2D eigenvalue weighted by molar-refractivity contribution is 7.71. The second-order valence-corrected chi connectivity index (χ2v) is 13.7. The zero-order chi connectivity index (χ0) is 28.8. The first-order chi connectivity index (χ1) is 19.1. The van der Waals surface area contributed by atoms with Gasteiger partial charge in [-0.3, -0.25) is 9.13 Å². The number of hydrogen-bond donors (Lipinski definition) is 3. The molecule has 0 unspecified atom stereocenters. The number of rotatable bonds is 8. The van der Waals surface area contributed by atoms with Crippen LogP contribution >= 0.6 is 19.5 Å². The number of aryl methyl sites for hydroxylation is 2. The Morgan fingerprint density at radius 2 is 1.83 bits per heavy atom. The molecule has 0 spiro atoms. The molecule has 2 aromatic carbocycles. The molecule has 3 N–H and O–H groups in total. The summed E-state index contributed by atoms with van der Waals surface area (Å²) in [5, 5.41) is 21.7. The van der Waals surface area contributed by atoms with Crippen molar-refractivity contribution in [3.8, 4) is 17.2 Å². The number of aliphatic hydroxyl groups is 1. The Labute approximate surface area is 245 Å². The third-order valence-electron chi connectivity index (χ3n) is 7.83. The van der Waals surface area contributed by atoms with Crippen molar-refractivity contribution in [2.24, 2.45) is 0 Å². The molecule has 12 heteroatoms. The highest BCUT2D eigenvalue weighted by Crippen LogP contribution is 2.45. The third kappa shape index (κ3) is 5.30. The van der Waals surface area contributed by atoms with Crippen LogP contribution in [0.25, 0.3) is 17.2 Å². The van der Waals surface area contributed by atoms with Crippen LogP contribution in [0.3, 0.4) is 0 Å². The van der Waals surface area contributed by atoms with E-state index in [1.54, 1.807) is 71.4 Å². The number of nitrogens with zero attached hydrogens (tertiary/aromatic N) is 4. The van der Waals surface area contributed by atoms with Gasteiger partial charge in [0.05, 0.1) is 23.7 Å². The molecule has 0 fully saturated rings. The summed E-state index contributed by atoms with van der Waals surface area (Å²) in [6.07, 6.45) is 4.78. The maximum Gasteiger partial charge on any atom is 0.338 e. The summed E-state index contributed by atoms with van der Waals surface area (Å²) >= 11 is 0. The largest absolute Gasteiger partial charge is 0.396 e. The fourth-order valence-corrected chi connectivity index (χ4v) is 7.82. The molecule has 2 atom stereocenters. The van der Waals surface area contributed by atoms with Crippen molar-refractivity contribution >= 4 is 30.5 Å². The fourth-order valence-electron chi connectivity index (χ4n) is 5.63. The van der Waals surface area contributed by atoms with Crippen LogP contribution in [0.4, 0.5) is 10.1 Å². The molecule has 5 rings (SSSR count). The molecule has 1 aliphatic heterocycles. The Morgan fingerprint density at radius 1 is 1.15 bits per heavy atom. The van der Waals surface area contributed by atoms with Gasteiger partial charge in [0.15, 0.2) is 0 Å². The zero-order valence-corrected chi connectivity index (χ0v) is 25.7. The van der Waals surface area contributed by atoms with Crippen molar-refractivity contribution in [2.45, 2.75) is 40.2 Å². The Kier molecular flexibility index (Phi) is 8.99. The number of anilines is 1. The minimum absolute atomic E-state index is 0. The number of nitrogens with one attached hydrogen (secondary N) is 2. The molecule has 4 aromatic rings. The van der Waals surface area contributed by atoms with Crippen LogP contribution in [0.2, 0.25) is 0 Å². The lowest BCUT2D eigenvalue weighted by Crippen LogP contribution is -2.30. The summed E-state index contributed by atoms with van der Waals surface area (Å²) in [4.78, 5) is 14.0. The maximum atomic E-state index is 14.5. The van der Waals surface area contributed by atoms with E-state index in [0.717, 1.165) is 17.8 Å². The highest BCUT2D eigenvalue weighted by Gasteiger charge is 2.29. The smallest absolute Gasteiger partial charge is 0.338 e. The molecule has 0 aliphatic carbocycles. The van der Waals surface area contributed by atoms with Gasteiger partial charge in [0.25, 0.3) is 0 Å². The number of aliphatic hydroxyl groups excluding tert-OH is 1. The summed E-state index contributed by atoms with van der Waals surface area (Å²) in [5.41, 5.74) is 4.53. The first-order valence-electron chi connectivity index (χ1n) is 13.6. The van der Waals surface area contributed by atoms with Crippen molar-refractivity contribution in [3.05, 3.63) is 81.4 Å². The maximum absolute atomic E-state index is 14.5. The summed E-state index contributed by atoms with van der Waals surface area (Å²) in [7, 11) is -1.04. The van der Waals surface area contributed by atoms with Gasteiger partial charge in [-0.2, -0.15) is 5.10 Å². The fraction of sp³-hybridized carbons (Fsp3) is 0.379. The average Bonchev–Trinajstić information content (AvgIpc) is 3.52. The Morgan fingerprint density at radius 3 is 2.46 bits per heavy atom. The molecule has 1 aliphatic rings. The van der Waals surface area contributed by atoms with Crippen molar-refractivity contribution in [1.29, 1.82) is 0 Å². The van der Waals surface area contributed by atoms with Crippen molar-refractivity contribution in [3.63, 3.8) is 0 Å². The van der Waals surface area contributed by atoms with Gasteiger partial charge in [0.1, 0.15) is 18.8 Å². The molecule has 0 saturated carbocycles. The van der Waals surface area contributed by atoms with E-state index in [4.69, 9.17) is 5.10 Å². The summed E-state index contributed by atoms with van der Waals surface area (Å²) in [6.45, 7) is 7.98. The number of hydrogen-bond acceptors (Lipinski definition) is 6. The molecule has 2 aromatic heterocycles. The average molecular weight is 603 g/mol. The quantitative estimate of drug-likeness (QED) is 0.261. The van der Waals surface area contributed by atoms with E-state index in [1.165, 1.54) is 0 Å². The molecule has 0 radical (unpaired) electrons. The predicted molar refractivity (Wildman–Crippen MR) is 165 cm³/mol. The van der Waals surface area contributed by atoms with Gasteiger partial charge in [0, 0.05) is 67.3 Å². The predicted octanol–water partition coefficient (Wildman–Crippen LogP) is 4.24. The van der Waals surface area contributed by atoms with E-state index in [0.29, 0.717) is 51.9 Å². The van der Waals surface area contributed by atoms with Crippen LogP contribution in [0.5, 0.6) is 0 Å². The molecule has 9 nitrogen and oxygen atoms in total. The van der Waals surface area contributed by atoms with E-state index in [2.05, 4.69) is 10.6 Å². The zero-order valence-electron chi connectivity index (χ0n) is 23.9. The van der Waals surface area contributed by atoms with Crippen LogP contribution in [0.1, 0.15) is 42.3 Å². The van der Waals surface area contributed by atoms with E-state index in [1.807, 2.05) is 19.9 Å². The highest BCUT2D eigenvalue weighted by atomic mass is 35.5. The van der Waals surface area contributed by atoms with E-state index >= 15 is 0 Å². The second kappa shape index (κ2) is 12.0. The first-order valence-corrected chi connectivity index (χ1v) is 15.7. The van der Waals surface area contributed by atoms with Gasteiger partial charge >= 0.3 is 5.69 Å². The third-order valence-corrected chi connectivity index (χ3v) is 11.0. The summed E-state index contributed by atoms with van der Waals surface area (Å²) in [6, 6.07) is 8.85. The topological polar surface area (TPSA) is 106 Å². The summed E-state index contributed by atoms with van der Waals surface area (Å²) in [5.74, 6) is 0.365. The van der Waals surface area contributed by atoms with Crippen LogP contribution in [0, 0.1) is 19.7 Å². The Hall–Kier alpha value is -3.17. The SMILES string of the molecule is CC[P@](=O)(CCO)c1ccc(-n2ccn(-c3c4c(nn3-c3cc(C)c(F)c(C)c3)CCN[C@H]4C)c2=O)cc1NC.Cl. The van der Waals surface area contributed by atoms with Crippen LogP contribution < -0.4 is 21.6 Å². The number of imidazole rings is 1. The minimum Gasteiger partial charge on any atom is -0.396 e. The lowest BCUT2D eigenvalue weighted by molar-refractivity contribution is 0.319. The van der Waals surface area contributed by atoms with E-state index in [9.17, 15) is 18.9 Å². The molecular formula is C29H37ClFN6O3P. The molecule has 220 valence electrons. The lowest BCUT2D eigenvalue weighted by Gasteiger charge is -2.21. The minimum atomic E-state index is -2.79. The van der Waals surface area contributed by atoms with Gasteiger partial charge < -0.3 is 20.3 Å². The van der Waals surface area contributed by atoms with Gasteiger partial charge in [-0.15, -0.1) is 12.4 Å². The van der Waals surface area contributed by atoms with Crippen molar-refractivity contribution in [1.82, 2.24) is 24.2 Å². The lowest BCUT2D eigenvalue weighted by atomic mass is 10.0. The second-order valence-electron chi connectivity index (χ2n) is 10.3. The van der Waals surface area contributed by atoms with Gasteiger partial charge in [-0.1, -0.05) is 6.92 Å². The van der Waals surface area contributed by atoms with Crippen molar-refractivity contribution in [2.75, 3.05) is 37.8 Å². The van der Waals surface area contributed by atoms with E-state index < -0.39 is 7.14 Å². The van der Waals surface area contributed by atoms with E-state index in [-0.39, 0.29) is 42.7 Å². The number of halogens is 2. The summed E-state index contributed by atoms with van der Waals surface area (Å²) < 4.78 is 32.9. The molecule has 0 amide bonds. The Balaban J connectivity index is 0.00000387. The van der Waals surface area contributed by atoms with Crippen LogP contribution in [-0.2, 0) is 11.0 Å². The number of benzene rings is 2. The molecule has 0 saturated heterocycles. The normalized spacial score (nSPS) is 16.1. The first kappa shape index (κ1) is 30.8. The van der Waals surface area contributed by atoms with Gasteiger partial charge in [-0.25, -0.2) is 13.9 Å². The standard InChI is InChI=1S/C29H36FN6O3P.ClH/c1-6-40(39,14-13-37)25-8-7-21(17-24(25)31-5)34-11-12-35(29(34)38)28-26-20(4)32-10-9-23(26)33-36(28)22-15-18(2)27(30)19(3)16-22;/h7-8,11-12,15-17,20,31-32,37H,6,9-10,13-14H2,1-5H3;1H/t20-,40-;/m0./s1.